The van der Waals surface area contributed by atoms with Crippen LogP contribution in [0.2, 0.25) is 0 Å². The number of aryl methyl sites for hydroxylation is 1. The van der Waals surface area contributed by atoms with Gasteiger partial charge in [-0.3, -0.25) is 0 Å². The van der Waals surface area contributed by atoms with Gasteiger partial charge in [0.15, 0.2) is 0 Å². The third-order valence-electron chi connectivity index (χ3n) is 4.27. The number of hydrogen-bond donors (Lipinski definition) is 0. The lowest BCUT2D eigenvalue weighted by atomic mass is 10.1. The van der Waals surface area contributed by atoms with E-state index in [4.69, 9.17) is 9.26 Å². The van der Waals surface area contributed by atoms with Crippen molar-refractivity contribution in [1.82, 2.24) is 15.1 Å². The highest BCUT2D eigenvalue weighted by atomic mass is 16.5. The van der Waals surface area contributed by atoms with Crippen molar-refractivity contribution in [2.24, 2.45) is 10.9 Å². The van der Waals surface area contributed by atoms with Crippen LogP contribution < -0.4 is 0 Å². The van der Waals surface area contributed by atoms with E-state index in [1.54, 1.807) is 24.7 Å². The van der Waals surface area contributed by atoms with E-state index in [1.165, 1.54) is 6.33 Å². The van der Waals surface area contributed by atoms with Crippen LogP contribution in [0.1, 0.15) is 32.3 Å². The Labute approximate surface area is 201 Å². The van der Waals surface area contributed by atoms with Crippen molar-refractivity contribution in [1.29, 1.82) is 0 Å². The van der Waals surface area contributed by atoms with E-state index in [0.29, 0.717) is 5.92 Å². The number of nitrogens with zero attached hydrogens (tertiary/aromatic N) is 4. The van der Waals surface area contributed by atoms with Crippen LogP contribution in [0.5, 0.6) is 0 Å². The fraction of sp³-hybridized carbons (Fsp3) is 0.214. The van der Waals surface area contributed by atoms with Crippen LogP contribution in [-0.2, 0) is 4.74 Å². The molecule has 2 aromatic heterocycles. The van der Waals surface area contributed by atoms with Gasteiger partial charge in [-0.15, -0.1) is 6.58 Å². The van der Waals surface area contributed by atoms with Crippen molar-refractivity contribution in [3.05, 3.63) is 116 Å². The van der Waals surface area contributed by atoms with E-state index in [9.17, 15) is 0 Å². The molecule has 0 saturated carbocycles. The number of aliphatic imine (C=N–C) groups is 1. The Morgan fingerprint density at radius 1 is 1.12 bits per heavy atom. The number of hydrogen-bond acceptors (Lipinski definition) is 6. The SMILES string of the molecule is C=CC.CC1C=NC(OC2=CC=CC=CC2)=CC1.Cc1cncnc1.c1ccc2nocc2c1. The molecule has 0 radical (unpaired) electrons. The standard InChI is InChI=1S/C13H15NO.C7H5NO.C5H6N2.C3H6/c1-11-8-9-13(14-10-11)15-12-6-4-2-3-5-7-12;1-2-4-7-6(3-1)5-9-8-7;1-5-2-6-4-7-3-5;1-3-2/h2-6,9-11H,7-8H2,1H3;1-5H;2-4H,1H3;3H,1H2,2H3. The zero-order valence-electron chi connectivity index (χ0n) is 20.0. The highest BCUT2D eigenvalue weighted by molar-refractivity contribution is 5.76. The van der Waals surface area contributed by atoms with Crippen molar-refractivity contribution in [3.63, 3.8) is 0 Å². The molecule has 0 fully saturated rings. The van der Waals surface area contributed by atoms with Gasteiger partial charge in [0.05, 0.1) is 0 Å². The van der Waals surface area contributed by atoms with Crippen LogP contribution in [0.4, 0.5) is 0 Å². The molecule has 3 heterocycles. The maximum Gasteiger partial charge on any atom is 0.214 e. The van der Waals surface area contributed by atoms with Crippen LogP contribution in [0.15, 0.2) is 120 Å². The molecule has 34 heavy (non-hydrogen) atoms. The summed E-state index contributed by atoms with van der Waals surface area (Å²) in [4.78, 5) is 11.8. The number of aromatic nitrogens is 3. The Morgan fingerprint density at radius 3 is 2.53 bits per heavy atom. The van der Waals surface area contributed by atoms with Crippen molar-refractivity contribution in [2.75, 3.05) is 0 Å². The molecule has 5 rings (SSSR count). The fourth-order valence-corrected chi connectivity index (χ4v) is 2.62. The summed E-state index contributed by atoms with van der Waals surface area (Å²) in [5.74, 6) is 2.20. The quantitative estimate of drug-likeness (QED) is 0.383. The summed E-state index contributed by atoms with van der Waals surface area (Å²) in [5.41, 5.74) is 2.01. The predicted octanol–water partition coefficient (Wildman–Crippen LogP) is 7.16. The first-order valence-corrected chi connectivity index (χ1v) is 11.1. The molecule has 0 N–H and O–H groups in total. The average Bonchev–Trinajstić information content (AvgIpc) is 3.19. The number of allylic oxidation sites excluding steroid dienone is 7. The van der Waals surface area contributed by atoms with E-state index in [-0.39, 0.29) is 0 Å². The molecule has 1 aliphatic heterocycles. The number of benzene rings is 1. The lowest BCUT2D eigenvalue weighted by Crippen LogP contribution is -2.02. The monoisotopic (exact) mass is 456 g/mol. The van der Waals surface area contributed by atoms with Gasteiger partial charge in [0.1, 0.15) is 23.9 Å². The first-order valence-electron chi connectivity index (χ1n) is 11.1. The molecule has 0 amide bonds. The summed E-state index contributed by atoms with van der Waals surface area (Å²) >= 11 is 0. The minimum absolute atomic E-state index is 0.528. The smallest absolute Gasteiger partial charge is 0.214 e. The van der Waals surface area contributed by atoms with Gasteiger partial charge in [0.2, 0.25) is 5.88 Å². The molecule has 0 spiro atoms. The fourth-order valence-electron chi connectivity index (χ4n) is 2.62. The van der Waals surface area contributed by atoms with Crippen molar-refractivity contribution >= 4 is 17.1 Å². The second kappa shape index (κ2) is 15.7. The number of fused-ring (bicyclic) bond motifs is 1. The molecule has 6 heteroatoms. The maximum absolute atomic E-state index is 5.68. The second-order valence-corrected chi connectivity index (χ2v) is 7.48. The minimum atomic E-state index is 0.528. The van der Waals surface area contributed by atoms with Gasteiger partial charge in [-0.25, -0.2) is 15.0 Å². The molecular formula is C28H32N4O2. The molecule has 3 aromatic rings. The lowest BCUT2D eigenvalue weighted by Gasteiger charge is -2.12. The summed E-state index contributed by atoms with van der Waals surface area (Å²) < 4.78 is 10.4. The zero-order valence-corrected chi connectivity index (χ0v) is 20.0. The van der Waals surface area contributed by atoms with Crippen LogP contribution in [0.3, 0.4) is 0 Å². The molecule has 6 nitrogen and oxygen atoms in total. The third-order valence-corrected chi connectivity index (χ3v) is 4.27. The molecule has 1 aliphatic carbocycles. The topological polar surface area (TPSA) is 73.4 Å². The predicted molar refractivity (Wildman–Crippen MR) is 139 cm³/mol. The summed E-state index contributed by atoms with van der Waals surface area (Å²) in [7, 11) is 0. The van der Waals surface area contributed by atoms with Gasteiger partial charge >= 0.3 is 0 Å². The first-order chi connectivity index (χ1) is 16.6. The van der Waals surface area contributed by atoms with Gasteiger partial charge in [-0.1, -0.05) is 54.6 Å². The van der Waals surface area contributed by atoms with Crippen molar-refractivity contribution in [2.45, 2.75) is 33.6 Å². The lowest BCUT2D eigenvalue weighted by molar-refractivity contribution is 0.291. The van der Waals surface area contributed by atoms with Gasteiger partial charge < -0.3 is 9.26 Å². The highest BCUT2D eigenvalue weighted by Crippen LogP contribution is 2.18. The Morgan fingerprint density at radius 2 is 1.88 bits per heavy atom. The van der Waals surface area contributed by atoms with Crippen LogP contribution in [0, 0.1) is 12.8 Å². The molecule has 0 bridgehead atoms. The third kappa shape index (κ3) is 10.5. The van der Waals surface area contributed by atoms with Crippen molar-refractivity contribution < 1.29 is 9.26 Å². The van der Waals surface area contributed by atoms with E-state index >= 15 is 0 Å². The normalized spacial score (nSPS) is 15.7. The first kappa shape index (κ1) is 26.2. The largest absolute Gasteiger partial charge is 0.443 e. The Hall–Kier alpha value is -4.06. The Balaban J connectivity index is 0.000000183. The number of ether oxygens (including phenoxy) is 1. The Kier molecular flexibility index (Phi) is 12.1. The second-order valence-electron chi connectivity index (χ2n) is 7.48. The molecule has 1 unspecified atom stereocenters. The highest BCUT2D eigenvalue weighted by Gasteiger charge is 2.07. The Bertz CT molecular complexity index is 1110. The molecule has 2 aliphatic rings. The minimum Gasteiger partial charge on any atom is -0.443 e. The van der Waals surface area contributed by atoms with Crippen LogP contribution in [0.25, 0.3) is 10.9 Å². The van der Waals surface area contributed by atoms with E-state index < -0.39 is 0 Å². The van der Waals surface area contributed by atoms with Crippen LogP contribution >= 0.6 is 0 Å². The van der Waals surface area contributed by atoms with Gasteiger partial charge in [0.25, 0.3) is 0 Å². The van der Waals surface area contributed by atoms with E-state index in [2.05, 4.69) is 39.7 Å². The molecule has 1 atom stereocenters. The van der Waals surface area contributed by atoms with Gasteiger partial charge in [-0.05, 0) is 56.0 Å². The van der Waals surface area contributed by atoms with Crippen molar-refractivity contribution in [3.8, 4) is 0 Å². The summed E-state index contributed by atoms with van der Waals surface area (Å²) in [6, 6.07) is 7.77. The van der Waals surface area contributed by atoms with Gasteiger partial charge in [-0.2, -0.15) is 0 Å². The summed E-state index contributed by atoms with van der Waals surface area (Å²) in [6.45, 7) is 9.35. The molecule has 1 aromatic carbocycles. The zero-order chi connectivity index (χ0) is 24.4. The molecule has 176 valence electrons. The maximum atomic E-state index is 5.68. The molecular weight excluding hydrogens is 424 g/mol. The summed E-state index contributed by atoms with van der Waals surface area (Å²) in [5, 5.41) is 4.80. The van der Waals surface area contributed by atoms with Gasteiger partial charge in [0, 0.05) is 30.4 Å². The molecule has 0 saturated heterocycles. The van der Waals surface area contributed by atoms with Crippen LogP contribution in [-0.4, -0.2) is 21.3 Å². The van der Waals surface area contributed by atoms with E-state index in [0.717, 1.165) is 41.0 Å². The van der Waals surface area contributed by atoms with E-state index in [1.807, 2.05) is 74.7 Å². The number of rotatable bonds is 2. The summed E-state index contributed by atoms with van der Waals surface area (Å²) in [6.07, 6.45) is 24.3. The average molecular weight is 457 g/mol.